The van der Waals surface area contributed by atoms with Crippen molar-refractivity contribution in [1.82, 2.24) is 10.7 Å². The third-order valence-corrected chi connectivity index (χ3v) is 6.01. The van der Waals surface area contributed by atoms with E-state index in [1.165, 1.54) is 6.07 Å². The number of carbonyl (C=O) groups excluding carboxylic acids is 1. The van der Waals surface area contributed by atoms with Crippen LogP contribution >= 0.6 is 0 Å². The number of halogens is 1. The number of nitrogens with zero attached hydrogens (tertiary/aromatic N) is 3. The minimum atomic E-state index is -0.409. The van der Waals surface area contributed by atoms with Crippen molar-refractivity contribution < 1.29 is 13.9 Å². The molecule has 7 nitrogen and oxygen atoms in total. The Hall–Kier alpha value is -3.13. The lowest BCUT2D eigenvalue weighted by molar-refractivity contribution is -0.122. The molecule has 0 unspecified atom stereocenters. The zero-order valence-corrected chi connectivity index (χ0v) is 17.0. The van der Waals surface area contributed by atoms with Crippen molar-refractivity contribution in [2.75, 3.05) is 36.0 Å². The lowest BCUT2D eigenvalue weighted by atomic mass is 9.98. The second-order valence-electron chi connectivity index (χ2n) is 7.90. The highest BCUT2D eigenvalue weighted by Crippen LogP contribution is 2.44. The van der Waals surface area contributed by atoms with Gasteiger partial charge in [0.05, 0.1) is 5.69 Å². The molecule has 1 saturated heterocycles. The van der Waals surface area contributed by atoms with Crippen LogP contribution < -0.4 is 25.3 Å². The van der Waals surface area contributed by atoms with Crippen LogP contribution in [0.2, 0.25) is 0 Å². The first-order valence-corrected chi connectivity index (χ1v) is 10.2. The van der Waals surface area contributed by atoms with E-state index in [-0.39, 0.29) is 24.4 Å². The van der Waals surface area contributed by atoms with E-state index in [0.29, 0.717) is 17.1 Å². The number of benzene rings is 2. The van der Waals surface area contributed by atoms with Crippen LogP contribution in [0.4, 0.5) is 15.8 Å². The van der Waals surface area contributed by atoms with Gasteiger partial charge in [0.25, 0.3) is 5.91 Å². The van der Waals surface area contributed by atoms with Crippen LogP contribution in [0.3, 0.4) is 0 Å². The highest BCUT2D eigenvalue weighted by Gasteiger charge is 2.36. The summed E-state index contributed by atoms with van der Waals surface area (Å²) in [4.78, 5) is 16.5. The molecule has 3 heterocycles. The van der Waals surface area contributed by atoms with Crippen LogP contribution in [0.15, 0.2) is 41.5 Å². The number of amidine groups is 1. The van der Waals surface area contributed by atoms with Crippen LogP contribution in [0.25, 0.3) is 11.1 Å². The molecule has 1 amide bonds. The van der Waals surface area contributed by atoms with Crippen LogP contribution in [-0.4, -0.2) is 50.1 Å². The Morgan fingerprint density at radius 3 is 2.80 bits per heavy atom. The van der Waals surface area contributed by atoms with Crippen molar-refractivity contribution in [3.63, 3.8) is 0 Å². The zero-order chi connectivity index (χ0) is 20.8. The van der Waals surface area contributed by atoms with Crippen LogP contribution in [0, 0.1) is 5.82 Å². The Balaban J connectivity index is 1.71. The fraction of sp³-hybridized carbons (Fsp3) is 0.364. The standard InChI is InChI=1S/C22H24FN5O2/c1-13-11-24-7-8-27(13)18-10-19-20(9-16(18)15-5-3-4-6-17(15)23)30-12-21-25-26-22(29)14(2)28(19)21/h3-6,9-10,13-14,24H,7-8,11-12H2,1-2H3,(H,26,29)/t13-,14+/m0/s1. The number of piperazine rings is 1. The summed E-state index contributed by atoms with van der Waals surface area (Å²) in [5.41, 5.74) is 5.58. The molecule has 1 fully saturated rings. The summed E-state index contributed by atoms with van der Waals surface area (Å²) in [5, 5.41) is 7.57. The summed E-state index contributed by atoms with van der Waals surface area (Å²) in [7, 11) is 0. The number of ether oxygens (including phenoxy) is 1. The zero-order valence-electron chi connectivity index (χ0n) is 17.0. The number of hydrazone groups is 1. The van der Waals surface area contributed by atoms with Crippen molar-refractivity contribution in [1.29, 1.82) is 0 Å². The van der Waals surface area contributed by atoms with Gasteiger partial charge in [-0.25, -0.2) is 9.82 Å². The van der Waals surface area contributed by atoms with E-state index in [1.807, 2.05) is 30.0 Å². The van der Waals surface area contributed by atoms with E-state index in [2.05, 4.69) is 27.7 Å². The third-order valence-electron chi connectivity index (χ3n) is 6.01. The summed E-state index contributed by atoms with van der Waals surface area (Å²) < 4.78 is 20.8. The first kappa shape index (κ1) is 18.9. The number of fused-ring (bicyclic) bond motifs is 3. The second kappa shape index (κ2) is 7.28. The molecule has 156 valence electrons. The fourth-order valence-corrected chi connectivity index (χ4v) is 4.39. The Bertz CT molecular complexity index is 1040. The van der Waals surface area contributed by atoms with Gasteiger partial charge < -0.3 is 19.9 Å². The maximum absolute atomic E-state index is 14.8. The second-order valence-corrected chi connectivity index (χ2v) is 7.90. The highest BCUT2D eigenvalue weighted by atomic mass is 19.1. The van der Waals surface area contributed by atoms with Crippen molar-refractivity contribution >= 4 is 23.1 Å². The number of hydrogen-bond acceptors (Lipinski definition) is 6. The first-order chi connectivity index (χ1) is 14.5. The molecule has 3 aliphatic rings. The molecule has 2 atom stereocenters. The van der Waals surface area contributed by atoms with Gasteiger partial charge in [0.1, 0.15) is 24.2 Å². The largest absolute Gasteiger partial charge is 0.483 e. The van der Waals surface area contributed by atoms with E-state index in [0.717, 1.165) is 36.6 Å². The van der Waals surface area contributed by atoms with Crippen LogP contribution in [0.1, 0.15) is 13.8 Å². The molecule has 0 saturated carbocycles. The van der Waals surface area contributed by atoms with Gasteiger partial charge in [-0.2, -0.15) is 5.10 Å². The normalized spacial score (nSPS) is 23.2. The smallest absolute Gasteiger partial charge is 0.262 e. The number of anilines is 2. The van der Waals surface area contributed by atoms with Crippen molar-refractivity contribution in [2.24, 2.45) is 5.10 Å². The molecule has 0 spiro atoms. The number of amides is 1. The maximum Gasteiger partial charge on any atom is 0.262 e. The molecule has 3 aliphatic heterocycles. The number of rotatable bonds is 2. The fourth-order valence-electron chi connectivity index (χ4n) is 4.39. The average Bonchev–Trinajstić information content (AvgIpc) is 2.76. The quantitative estimate of drug-likeness (QED) is 0.797. The van der Waals surface area contributed by atoms with Gasteiger partial charge in [-0.3, -0.25) is 4.79 Å². The number of nitrogens with one attached hydrogen (secondary N) is 2. The van der Waals surface area contributed by atoms with Crippen LogP contribution in [-0.2, 0) is 4.79 Å². The summed E-state index contributed by atoms with van der Waals surface area (Å²) >= 11 is 0. The predicted octanol–water partition coefficient (Wildman–Crippen LogP) is 2.32. The first-order valence-electron chi connectivity index (χ1n) is 10.2. The third kappa shape index (κ3) is 2.99. The van der Waals surface area contributed by atoms with Crippen molar-refractivity contribution in [3.8, 4) is 16.9 Å². The maximum atomic E-state index is 14.8. The van der Waals surface area contributed by atoms with E-state index >= 15 is 0 Å². The number of carbonyl (C=O) groups is 1. The summed E-state index contributed by atoms with van der Waals surface area (Å²) in [5.74, 6) is 0.847. The molecular formula is C22H24FN5O2. The SMILES string of the molecule is C[C@@H]1C(=O)NN=C2COc3cc(-c4ccccc4F)c(N4CCNC[C@@H]4C)cc3N21. The molecule has 2 aromatic carbocycles. The predicted molar refractivity (Wildman–Crippen MR) is 115 cm³/mol. The van der Waals surface area contributed by atoms with Gasteiger partial charge >= 0.3 is 0 Å². The molecule has 0 bridgehead atoms. The summed E-state index contributed by atoms with van der Waals surface area (Å²) in [6, 6.07) is 10.5. The summed E-state index contributed by atoms with van der Waals surface area (Å²) in [6.45, 7) is 6.74. The van der Waals surface area contributed by atoms with E-state index < -0.39 is 6.04 Å². The van der Waals surface area contributed by atoms with E-state index in [9.17, 15) is 9.18 Å². The Labute approximate surface area is 174 Å². The van der Waals surface area contributed by atoms with Gasteiger partial charge in [-0.15, -0.1) is 0 Å². The monoisotopic (exact) mass is 409 g/mol. The van der Waals surface area contributed by atoms with Gasteiger partial charge in [0.15, 0.2) is 5.84 Å². The lowest BCUT2D eigenvalue weighted by Crippen LogP contribution is -2.55. The molecule has 30 heavy (non-hydrogen) atoms. The van der Waals surface area contributed by atoms with Crippen molar-refractivity contribution in [3.05, 3.63) is 42.2 Å². The number of hydrogen-bond donors (Lipinski definition) is 2. The molecule has 8 heteroatoms. The summed E-state index contributed by atoms with van der Waals surface area (Å²) in [6.07, 6.45) is 0. The molecule has 0 aromatic heterocycles. The molecule has 2 N–H and O–H groups in total. The Kier molecular flexibility index (Phi) is 4.58. The van der Waals surface area contributed by atoms with Crippen LogP contribution in [0.5, 0.6) is 5.75 Å². The highest BCUT2D eigenvalue weighted by molar-refractivity contribution is 6.10. The topological polar surface area (TPSA) is 69.2 Å². The van der Waals surface area contributed by atoms with Gasteiger partial charge in [0, 0.05) is 42.5 Å². The van der Waals surface area contributed by atoms with Gasteiger partial charge in [-0.05, 0) is 32.0 Å². The Morgan fingerprint density at radius 1 is 1.17 bits per heavy atom. The molecular weight excluding hydrogens is 385 g/mol. The average molecular weight is 409 g/mol. The van der Waals surface area contributed by atoms with E-state index in [1.54, 1.807) is 12.1 Å². The molecule has 5 rings (SSSR count). The minimum Gasteiger partial charge on any atom is -0.483 e. The van der Waals surface area contributed by atoms with Gasteiger partial charge in [0.2, 0.25) is 0 Å². The van der Waals surface area contributed by atoms with Gasteiger partial charge in [-0.1, -0.05) is 18.2 Å². The minimum absolute atomic E-state index is 0.165. The molecule has 0 radical (unpaired) electrons. The molecule has 2 aromatic rings. The molecule has 0 aliphatic carbocycles. The van der Waals surface area contributed by atoms with E-state index in [4.69, 9.17) is 4.74 Å². The van der Waals surface area contributed by atoms with Crippen molar-refractivity contribution in [2.45, 2.75) is 25.9 Å². The Morgan fingerprint density at radius 2 is 2.00 bits per heavy atom. The lowest BCUT2D eigenvalue weighted by Gasteiger charge is -2.41.